The molecule has 3 rings (SSSR count). The number of hydrogen-bond donors (Lipinski definition) is 0. The summed E-state index contributed by atoms with van der Waals surface area (Å²) in [5.74, 6) is 0.0543. The second-order valence-corrected chi connectivity index (χ2v) is 4.75. The number of hydrogen-bond acceptors (Lipinski definition) is 3. The Morgan fingerprint density at radius 2 is 1.86 bits per heavy atom. The van der Waals surface area contributed by atoms with E-state index in [2.05, 4.69) is 10.2 Å². The van der Waals surface area contributed by atoms with E-state index in [4.69, 9.17) is 16.0 Å². The Bertz CT molecular complexity index is 798. The molecule has 0 aliphatic rings. The minimum Gasteiger partial charge on any atom is -0.417 e. The number of rotatable bonds is 3. The van der Waals surface area contributed by atoms with Crippen LogP contribution in [0.15, 0.2) is 52.9 Å². The van der Waals surface area contributed by atoms with Crippen molar-refractivity contribution < 1.29 is 8.81 Å². The second-order valence-electron chi connectivity index (χ2n) is 4.31. The first-order valence-corrected chi connectivity index (χ1v) is 6.62. The molecular weight excluding hydrogens is 291 g/mol. The van der Waals surface area contributed by atoms with Crippen LogP contribution in [0.5, 0.6) is 0 Å². The van der Waals surface area contributed by atoms with Crippen molar-refractivity contribution in [3.8, 4) is 11.5 Å². The molecule has 104 valence electrons. The van der Waals surface area contributed by atoms with Crippen molar-refractivity contribution in [3.63, 3.8) is 0 Å². The Morgan fingerprint density at radius 3 is 2.67 bits per heavy atom. The van der Waals surface area contributed by atoms with Gasteiger partial charge >= 0.3 is 0 Å². The molecule has 0 N–H and O–H groups in total. The van der Waals surface area contributed by atoms with Crippen molar-refractivity contribution in [1.82, 2.24) is 10.2 Å². The third-order valence-electron chi connectivity index (χ3n) is 2.81. The van der Waals surface area contributed by atoms with Gasteiger partial charge in [-0.25, -0.2) is 4.39 Å². The van der Waals surface area contributed by atoms with Crippen LogP contribution in [0, 0.1) is 5.82 Å². The summed E-state index contributed by atoms with van der Waals surface area (Å²) in [6.45, 7) is 0. The summed E-state index contributed by atoms with van der Waals surface area (Å²) >= 11 is 5.90. The quantitative estimate of drug-likeness (QED) is 0.704. The first kappa shape index (κ1) is 13.5. The van der Waals surface area contributed by atoms with Crippen LogP contribution in [-0.2, 0) is 0 Å². The van der Waals surface area contributed by atoms with Crippen LogP contribution in [0.3, 0.4) is 0 Å². The molecule has 0 radical (unpaired) electrons. The van der Waals surface area contributed by atoms with E-state index in [0.717, 1.165) is 5.56 Å². The third-order valence-corrected chi connectivity index (χ3v) is 3.05. The molecule has 0 unspecified atom stereocenters. The minimum absolute atomic E-state index is 0.152. The van der Waals surface area contributed by atoms with Crippen LogP contribution >= 0.6 is 11.6 Å². The molecule has 1 heterocycles. The van der Waals surface area contributed by atoms with E-state index in [9.17, 15) is 4.39 Å². The summed E-state index contributed by atoms with van der Waals surface area (Å²) in [5.41, 5.74) is 1.19. The topological polar surface area (TPSA) is 38.9 Å². The van der Waals surface area contributed by atoms with Crippen molar-refractivity contribution in [2.45, 2.75) is 0 Å². The van der Waals surface area contributed by atoms with Crippen LogP contribution in [0.1, 0.15) is 11.5 Å². The van der Waals surface area contributed by atoms with Crippen molar-refractivity contribution in [1.29, 1.82) is 0 Å². The van der Waals surface area contributed by atoms with E-state index in [1.165, 1.54) is 6.07 Å². The van der Waals surface area contributed by atoms with Gasteiger partial charge in [-0.2, -0.15) is 0 Å². The maximum absolute atomic E-state index is 13.6. The van der Waals surface area contributed by atoms with Gasteiger partial charge in [0.2, 0.25) is 5.89 Å². The highest BCUT2D eigenvalue weighted by Crippen LogP contribution is 2.21. The molecule has 1 aromatic heterocycles. The summed E-state index contributed by atoms with van der Waals surface area (Å²) in [6.07, 6.45) is 3.45. The van der Waals surface area contributed by atoms with Gasteiger partial charge in [0.05, 0.1) is 5.56 Å². The number of aromatic nitrogens is 2. The van der Waals surface area contributed by atoms with Gasteiger partial charge in [-0.15, -0.1) is 10.2 Å². The zero-order valence-electron chi connectivity index (χ0n) is 10.8. The molecule has 0 fully saturated rings. The van der Waals surface area contributed by atoms with Crippen molar-refractivity contribution in [2.24, 2.45) is 0 Å². The molecule has 0 atom stereocenters. The number of benzene rings is 2. The number of halogens is 2. The summed E-state index contributed by atoms with van der Waals surface area (Å²) in [6, 6.07) is 13.6. The molecule has 3 nitrogen and oxygen atoms in total. The standard InChI is InChI=1S/C16H10ClFN2O/c17-12-5-3-4-11(10-12)8-9-15-19-20-16(21-15)13-6-1-2-7-14(13)18/h1-10H/b9-8+. The van der Waals surface area contributed by atoms with Crippen LogP contribution in [-0.4, -0.2) is 10.2 Å². The predicted octanol–water partition coefficient (Wildman–Crippen LogP) is 4.70. The van der Waals surface area contributed by atoms with Crippen molar-refractivity contribution in [3.05, 3.63) is 70.8 Å². The summed E-state index contributed by atoms with van der Waals surface area (Å²) in [5, 5.41) is 8.36. The summed E-state index contributed by atoms with van der Waals surface area (Å²) in [4.78, 5) is 0. The molecule has 0 spiro atoms. The smallest absolute Gasteiger partial charge is 0.251 e. The minimum atomic E-state index is -0.397. The molecule has 5 heteroatoms. The Balaban J connectivity index is 1.84. The molecule has 0 aliphatic carbocycles. The lowest BCUT2D eigenvalue weighted by Crippen LogP contribution is -1.82. The molecule has 0 amide bonds. The van der Waals surface area contributed by atoms with Gasteiger partial charge in [0.1, 0.15) is 5.82 Å². The van der Waals surface area contributed by atoms with E-state index in [0.29, 0.717) is 10.9 Å². The van der Waals surface area contributed by atoms with E-state index in [-0.39, 0.29) is 11.5 Å². The SMILES string of the molecule is Fc1ccccc1-c1nnc(/C=C/c2cccc(Cl)c2)o1. The van der Waals surface area contributed by atoms with Crippen molar-refractivity contribution >= 4 is 23.8 Å². The van der Waals surface area contributed by atoms with Crippen molar-refractivity contribution in [2.75, 3.05) is 0 Å². The van der Waals surface area contributed by atoms with Crippen LogP contribution in [0.4, 0.5) is 4.39 Å². The molecule has 0 saturated carbocycles. The number of nitrogens with zero attached hydrogens (tertiary/aromatic N) is 2. The zero-order chi connectivity index (χ0) is 14.7. The third kappa shape index (κ3) is 3.17. The summed E-state index contributed by atoms with van der Waals surface area (Å²) < 4.78 is 19.0. The van der Waals surface area contributed by atoms with Gasteiger partial charge in [0.25, 0.3) is 5.89 Å². The molecule has 0 saturated heterocycles. The fraction of sp³-hybridized carbons (Fsp3) is 0. The van der Waals surface area contributed by atoms with Gasteiger partial charge in [-0.1, -0.05) is 35.9 Å². The highest BCUT2D eigenvalue weighted by atomic mass is 35.5. The second kappa shape index (κ2) is 5.89. The Labute approximate surface area is 125 Å². The lowest BCUT2D eigenvalue weighted by atomic mass is 10.2. The van der Waals surface area contributed by atoms with E-state index >= 15 is 0 Å². The normalized spacial score (nSPS) is 11.1. The molecule has 2 aromatic carbocycles. The zero-order valence-corrected chi connectivity index (χ0v) is 11.6. The first-order valence-electron chi connectivity index (χ1n) is 6.24. The van der Waals surface area contributed by atoms with Crippen LogP contribution < -0.4 is 0 Å². The molecule has 3 aromatic rings. The molecule has 0 bridgehead atoms. The van der Waals surface area contributed by atoms with Crippen LogP contribution in [0.25, 0.3) is 23.6 Å². The van der Waals surface area contributed by atoms with Gasteiger partial charge in [-0.3, -0.25) is 0 Å². The molecule has 0 aliphatic heterocycles. The van der Waals surface area contributed by atoms with Gasteiger partial charge in [0, 0.05) is 11.1 Å². The predicted molar refractivity (Wildman–Crippen MR) is 80.1 cm³/mol. The average molecular weight is 301 g/mol. The highest BCUT2D eigenvalue weighted by Gasteiger charge is 2.10. The maximum Gasteiger partial charge on any atom is 0.251 e. The fourth-order valence-electron chi connectivity index (χ4n) is 1.82. The Morgan fingerprint density at radius 1 is 1.00 bits per heavy atom. The van der Waals surface area contributed by atoms with Crippen LogP contribution in [0.2, 0.25) is 5.02 Å². The molecular formula is C16H10ClFN2O. The van der Waals surface area contributed by atoms with E-state index in [1.807, 2.05) is 18.2 Å². The molecule has 21 heavy (non-hydrogen) atoms. The van der Waals surface area contributed by atoms with Gasteiger partial charge in [0.15, 0.2) is 0 Å². The average Bonchev–Trinajstić information content (AvgIpc) is 2.94. The van der Waals surface area contributed by atoms with E-state index < -0.39 is 5.82 Å². The van der Waals surface area contributed by atoms with Gasteiger partial charge in [-0.05, 0) is 35.9 Å². The largest absolute Gasteiger partial charge is 0.417 e. The Kier molecular flexibility index (Phi) is 3.79. The first-order chi connectivity index (χ1) is 10.2. The lowest BCUT2D eigenvalue weighted by molar-refractivity contribution is 0.548. The lowest BCUT2D eigenvalue weighted by Gasteiger charge is -1.95. The Hall–Kier alpha value is -2.46. The van der Waals surface area contributed by atoms with E-state index in [1.54, 1.807) is 36.4 Å². The fourth-order valence-corrected chi connectivity index (χ4v) is 2.02. The van der Waals surface area contributed by atoms with Gasteiger partial charge < -0.3 is 4.42 Å². The monoisotopic (exact) mass is 300 g/mol. The maximum atomic E-state index is 13.6. The summed E-state index contributed by atoms with van der Waals surface area (Å²) in [7, 11) is 0. The highest BCUT2D eigenvalue weighted by molar-refractivity contribution is 6.30.